The molecule has 0 atom stereocenters. The average molecular weight is 274 g/mol. The maximum absolute atomic E-state index is 14.1. The van der Waals surface area contributed by atoms with Crippen molar-refractivity contribution in [1.82, 2.24) is 9.88 Å². The topological polar surface area (TPSA) is 19.4 Å². The molecule has 1 heterocycles. The molecule has 0 aliphatic carbocycles. The molecule has 18 heavy (non-hydrogen) atoms. The molecule has 1 rings (SSSR count). The lowest BCUT2D eigenvalue weighted by Gasteiger charge is -2.23. The smallest absolute Gasteiger partial charge is 0.170 e. The van der Waals surface area contributed by atoms with E-state index in [1.165, 1.54) is 0 Å². The van der Waals surface area contributed by atoms with E-state index in [9.17, 15) is 4.39 Å². The van der Waals surface area contributed by atoms with Gasteiger partial charge in [0.2, 0.25) is 0 Å². The second-order valence-electron chi connectivity index (χ2n) is 4.48. The van der Waals surface area contributed by atoms with Crippen LogP contribution >= 0.6 is 11.6 Å². The Morgan fingerprint density at radius 1 is 1.33 bits per heavy atom. The Balaban J connectivity index is 2.75. The van der Waals surface area contributed by atoms with Crippen molar-refractivity contribution in [1.29, 1.82) is 0 Å². The van der Waals surface area contributed by atoms with E-state index < -0.39 is 0 Å². The van der Waals surface area contributed by atoms with Gasteiger partial charge in [-0.1, -0.05) is 0 Å². The summed E-state index contributed by atoms with van der Waals surface area (Å²) >= 11 is 5.70. The summed E-state index contributed by atoms with van der Waals surface area (Å²) in [5, 5.41) is 0. The lowest BCUT2D eigenvalue weighted by Crippen LogP contribution is -2.28. The van der Waals surface area contributed by atoms with E-state index in [0.29, 0.717) is 11.4 Å². The number of alkyl halides is 1. The summed E-state index contributed by atoms with van der Waals surface area (Å²) in [5.74, 6) is 0.296. The maximum atomic E-state index is 14.1. The van der Waals surface area contributed by atoms with Gasteiger partial charge in [0, 0.05) is 24.8 Å². The van der Waals surface area contributed by atoms with Gasteiger partial charge in [0.15, 0.2) is 11.6 Å². The second kappa shape index (κ2) is 7.54. The first-order chi connectivity index (χ1) is 8.60. The number of rotatable bonds is 7. The van der Waals surface area contributed by atoms with Crippen molar-refractivity contribution in [2.75, 3.05) is 38.6 Å². The van der Waals surface area contributed by atoms with Crippen molar-refractivity contribution in [3.8, 4) is 0 Å². The first-order valence-corrected chi connectivity index (χ1v) is 6.72. The van der Waals surface area contributed by atoms with Crippen LogP contribution in [-0.2, 0) is 5.88 Å². The predicted octanol–water partition coefficient (Wildman–Crippen LogP) is 2.74. The van der Waals surface area contributed by atoms with Crippen LogP contribution in [0.1, 0.15) is 18.9 Å². The first kappa shape index (κ1) is 15.2. The molecule has 3 nitrogen and oxygen atoms in total. The summed E-state index contributed by atoms with van der Waals surface area (Å²) in [7, 11) is 4.06. The number of pyridine rings is 1. The monoisotopic (exact) mass is 273 g/mol. The van der Waals surface area contributed by atoms with Gasteiger partial charge in [-0.15, -0.1) is 11.6 Å². The van der Waals surface area contributed by atoms with Gasteiger partial charge in [-0.2, -0.15) is 0 Å². The third kappa shape index (κ3) is 4.10. The third-order valence-corrected chi connectivity index (χ3v) is 3.10. The summed E-state index contributed by atoms with van der Waals surface area (Å²) in [6.07, 6.45) is 2.60. The Labute approximate surface area is 114 Å². The van der Waals surface area contributed by atoms with Gasteiger partial charge >= 0.3 is 0 Å². The van der Waals surface area contributed by atoms with E-state index in [4.69, 9.17) is 11.6 Å². The highest BCUT2D eigenvalue weighted by Gasteiger charge is 2.14. The molecular weight excluding hydrogens is 253 g/mol. The van der Waals surface area contributed by atoms with Crippen LogP contribution in [0.15, 0.2) is 12.3 Å². The zero-order valence-corrected chi connectivity index (χ0v) is 12.0. The van der Waals surface area contributed by atoms with E-state index in [1.807, 2.05) is 25.9 Å². The highest BCUT2D eigenvalue weighted by Crippen LogP contribution is 2.20. The molecule has 5 heteroatoms. The van der Waals surface area contributed by atoms with Crippen LogP contribution in [0.25, 0.3) is 0 Å². The van der Waals surface area contributed by atoms with E-state index in [-0.39, 0.29) is 11.7 Å². The fourth-order valence-corrected chi connectivity index (χ4v) is 1.99. The molecule has 0 bridgehead atoms. The zero-order valence-electron chi connectivity index (χ0n) is 11.3. The first-order valence-electron chi connectivity index (χ1n) is 6.19. The van der Waals surface area contributed by atoms with Crippen LogP contribution in [-0.4, -0.2) is 43.6 Å². The second-order valence-corrected chi connectivity index (χ2v) is 4.75. The average Bonchev–Trinajstić information content (AvgIpc) is 2.35. The van der Waals surface area contributed by atoms with Gasteiger partial charge in [0.25, 0.3) is 0 Å². The van der Waals surface area contributed by atoms with E-state index >= 15 is 0 Å². The molecule has 1 aromatic heterocycles. The van der Waals surface area contributed by atoms with Gasteiger partial charge in [-0.3, -0.25) is 0 Å². The number of hydrogen-bond donors (Lipinski definition) is 0. The molecule has 0 aromatic carbocycles. The molecule has 0 unspecified atom stereocenters. The molecule has 0 fully saturated rings. The number of aromatic nitrogens is 1. The highest BCUT2D eigenvalue weighted by molar-refractivity contribution is 6.17. The Kier molecular flexibility index (Phi) is 6.36. The maximum Gasteiger partial charge on any atom is 0.170 e. The van der Waals surface area contributed by atoms with Crippen LogP contribution in [0.3, 0.4) is 0 Å². The van der Waals surface area contributed by atoms with Crippen LogP contribution in [0.2, 0.25) is 0 Å². The standard InChI is InChI=1S/C13H21ClFN3/c1-4-18(9-5-8-17(2)3)13-12(15)11(10-14)6-7-16-13/h6-7H,4-5,8-10H2,1-3H3. The van der Waals surface area contributed by atoms with Gasteiger partial charge in [0.1, 0.15) is 0 Å². The zero-order chi connectivity index (χ0) is 13.5. The van der Waals surface area contributed by atoms with Crippen LogP contribution in [0, 0.1) is 5.82 Å². The Hall–Kier alpha value is -0.870. The van der Waals surface area contributed by atoms with Gasteiger partial charge in [-0.05, 0) is 40.1 Å². The molecule has 0 saturated carbocycles. The van der Waals surface area contributed by atoms with Crippen LogP contribution in [0.5, 0.6) is 0 Å². The van der Waals surface area contributed by atoms with Crippen molar-refractivity contribution in [3.63, 3.8) is 0 Å². The van der Waals surface area contributed by atoms with Gasteiger partial charge in [0.05, 0.1) is 5.88 Å². The summed E-state index contributed by atoms with van der Waals surface area (Å²) in [6, 6.07) is 1.62. The van der Waals surface area contributed by atoms with Crippen LogP contribution in [0.4, 0.5) is 10.2 Å². The van der Waals surface area contributed by atoms with Crippen molar-refractivity contribution in [2.24, 2.45) is 0 Å². The van der Waals surface area contributed by atoms with E-state index in [0.717, 1.165) is 26.1 Å². The molecule has 1 aromatic rings. The van der Waals surface area contributed by atoms with Gasteiger partial charge < -0.3 is 9.80 Å². The molecule has 0 aliphatic rings. The lowest BCUT2D eigenvalue weighted by atomic mass is 10.2. The Morgan fingerprint density at radius 2 is 2.06 bits per heavy atom. The molecule has 0 spiro atoms. The number of anilines is 1. The minimum absolute atomic E-state index is 0.177. The summed E-state index contributed by atoms with van der Waals surface area (Å²) in [4.78, 5) is 8.21. The summed E-state index contributed by atoms with van der Waals surface area (Å²) < 4.78 is 14.1. The molecule has 0 aliphatic heterocycles. The molecule has 102 valence electrons. The largest absolute Gasteiger partial charge is 0.354 e. The number of hydrogen-bond acceptors (Lipinski definition) is 3. The minimum Gasteiger partial charge on any atom is -0.354 e. The van der Waals surface area contributed by atoms with Crippen molar-refractivity contribution >= 4 is 17.4 Å². The van der Waals surface area contributed by atoms with Gasteiger partial charge in [-0.25, -0.2) is 9.37 Å². The lowest BCUT2D eigenvalue weighted by molar-refractivity contribution is 0.400. The number of nitrogens with zero attached hydrogens (tertiary/aromatic N) is 3. The minimum atomic E-state index is -0.292. The third-order valence-electron chi connectivity index (χ3n) is 2.81. The number of halogens is 2. The molecule has 0 amide bonds. The fraction of sp³-hybridized carbons (Fsp3) is 0.615. The van der Waals surface area contributed by atoms with Crippen LogP contribution < -0.4 is 4.90 Å². The van der Waals surface area contributed by atoms with E-state index in [1.54, 1.807) is 12.3 Å². The fourth-order valence-electron chi connectivity index (χ4n) is 1.79. The Morgan fingerprint density at radius 3 is 2.61 bits per heavy atom. The van der Waals surface area contributed by atoms with Crippen molar-refractivity contribution in [3.05, 3.63) is 23.6 Å². The van der Waals surface area contributed by atoms with Crippen molar-refractivity contribution in [2.45, 2.75) is 19.2 Å². The predicted molar refractivity (Wildman–Crippen MR) is 74.8 cm³/mol. The molecule has 0 N–H and O–H groups in total. The Bertz CT molecular complexity index is 371. The molecular formula is C13H21ClFN3. The SMILES string of the molecule is CCN(CCCN(C)C)c1nccc(CCl)c1F. The highest BCUT2D eigenvalue weighted by atomic mass is 35.5. The molecule has 0 saturated heterocycles. The summed E-state index contributed by atoms with van der Waals surface area (Å²) in [6.45, 7) is 4.52. The normalized spacial score (nSPS) is 11.0. The van der Waals surface area contributed by atoms with Crippen molar-refractivity contribution < 1.29 is 4.39 Å². The quantitative estimate of drug-likeness (QED) is 0.712. The molecule has 0 radical (unpaired) electrons. The van der Waals surface area contributed by atoms with E-state index in [2.05, 4.69) is 9.88 Å². The summed E-state index contributed by atoms with van der Waals surface area (Å²) in [5.41, 5.74) is 0.507.